The van der Waals surface area contributed by atoms with Gasteiger partial charge in [0.05, 0.1) is 17.7 Å². The molecule has 0 aliphatic carbocycles. The summed E-state index contributed by atoms with van der Waals surface area (Å²) in [5.41, 5.74) is 3.11. The Morgan fingerprint density at radius 2 is 1.70 bits per heavy atom. The molecule has 7 nitrogen and oxygen atoms in total. The summed E-state index contributed by atoms with van der Waals surface area (Å²) in [6.07, 6.45) is 0.827. The van der Waals surface area contributed by atoms with Gasteiger partial charge >= 0.3 is 0 Å². The third-order valence-corrected chi connectivity index (χ3v) is 6.09. The Balaban J connectivity index is 1.85. The number of anilines is 2. The molecule has 4 rings (SSSR count). The number of ether oxygens (including phenoxy) is 1. The number of carbonyl (C=O) groups excluding carboxylic acids is 3. The fourth-order valence-electron chi connectivity index (χ4n) is 4.41. The summed E-state index contributed by atoms with van der Waals surface area (Å²) >= 11 is 0. The molecule has 3 aromatic rings. The van der Waals surface area contributed by atoms with E-state index in [2.05, 4.69) is 5.32 Å². The fourth-order valence-corrected chi connectivity index (χ4v) is 4.41. The minimum absolute atomic E-state index is 0.00305. The molecule has 2 amide bonds. The Labute approximate surface area is 216 Å². The molecule has 1 heterocycles. The van der Waals surface area contributed by atoms with Gasteiger partial charge in [-0.25, -0.2) is 0 Å². The molecule has 37 heavy (non-hydrogen) atoms. The van der Waals surface area contributed by atoms with E-state index >= 15 is 0 Å². The van der Waals surface area contributed by atoms with Crippen LogP contribution in [-0.4, -0.2) is 28.8 Å². The summed E-state index contributed by atoms with van der Waals surface area (Å²) in [7, 11) is 0. The summed E-state index contributed by atoms with van der Waals surface area (Å²) in [5.74, 6) is -1.43. The van der Waals surface area contributed by atoms with Gasteiger partial charge in [0.25, 0.3) is 11.7 Å². The van der Waals surface area contributed by atoms with Crippen molar-refractivity contribution in [3.63, 3.8) is 0 Å². The van der Waals surface area contributed by atoms with Crippen LogP contribution in [0.1, 0.15) is 50.4 Å². The highest BCUT2D eigenvalue weighted by Crippen LogP contribution is 2.42. The topological polar surface area (TPSA) is 95.9 Å². The van der Waals surface area contributed by atoms with Crippen LogP contribution < -0.4 is 15.0 Å². The number of aryl methyl sites for hydroxylation is 1. The molecule has 0 aromatic heterocycles. The van der Waals surface area contributed by atoms with Crippen LogP contribution >= 0.6 is 0 Å². The lowest BCUT2D eigenvalue weighted by Crippen LogP contribution is -2.29. The van der Waals surface area contributed by atoms with E-state index in [0.29, 0.717) is 28.3 Å². The molecular formula is C30H30N2O5. The van der Waals surface area contributed by atoms with Crippen molar-refractivity contribution in [1.82, 2.24) is 0 Å². The van der Waals surface area contributed by atoms with E-state index in [1.807, 2.05) is 45.0 Å². The predicted molar refractivity (Wildman–Crippen MR) is 144 cm³/mol. The maximum atomic E-state index is 13.4. The first-order valence-corrected chi connectivity index (χ1v) is 12.2. The zero-order valence-electron chi connectivity index (χ0n) is 21.3. The van der Waals surface area contributed by atoms with Crippen molar-refractivity contribution in [2.75, 3.05) is 10.2 Å². The Hall–Kier alpha value is -4.39. The molecule has 7 heteroatoms. The Morgan fingerprint density at radius 3 is 2.30 bits per heavy atom. The van der Waals surface area contributed by atoms with E-state index in [1.165, 1.54) is 11.8 Å². The van der Waals surface area contributed by atoms with Crippen molar-refractivity contribution in [3.8, 4) is 5.75 Å². The van der Waals surface area contributed by atoms with Gasteiger partial charge in [0, 0.05) is 23.9 Å². The second-order valence-corrected chi connectivity index (χ2v) is 9.19. The Morgan fingerprint density at radius 1 is 1.03 bits per heavy atom. The van der Waals surface area contributed by atoms with Crippen molar-refractivity contribution in [1.29, 1.82) is 0 Å². The minimum Gasteiger partial charge on any atom is -0.507 e. The number of benzene rings is 3. The van der Waals surface area contributed by atoms with E-state index in [4.69, 9.17) is 4.74 Å². The molecule has 0 spiro atoms. The number of rotatable bonds is 7. The number of nitrogens with zero attached hydrogens (tertiary/aromatic N) is 1. The van der Waals surface area contributed by atoms with Crippen LogP contribution in [-0.2, 0) is 20.8 Å². The lowest BCUT2D eigenvalue weighted by molar-refractivity contribution is -0.132. The van der Waals surface area contributed by atoms with Gasteiger partial charge in [-0.2, -0.15) is 0 Å². The highest BCUT2D eigenvalue weighted by Gasteiger charge is 2.47. The van der Waals surface area contributed by atoms with Crippen LogP contribution in [0.5, 0.6) is 5.75 Å². The summed E-state index contributed by atoms with van der Waals surface area (Å²) in [5, 5.41) is 14.0. The largest absolute Gasteiger partial charge is 0.507 e. The fraction of sp³-hybridized carbons (Fsp3) is 0.233. The van der Waals surface area contributed by atoms with E-state index < -0.39 is 17.7 Å². The van der Waals surface area contributed by atoms with E-state index in [1.54, 1.807) is 48.5 Å². The number of ketones is 1. The van der Waals surface area contributed by atoms with Crippen molar-refractivity contribution in [3.05, 3.63) is 95.1 Å². The first kappa shape index (κ1) is 25.7. The molecule has 0 saturated carbocycles. The smallest absolute Gasteiger partial charge is 0.300 e. The summed E-state index contributed by atoms with van der Waals surface area (Å²) in [6.45, 7) is 7.27. The maximum absolute atomic E-state index is 13.4. The molecule has 1 atom stereocenters. The molecular weight excluding hydrogens is 468 g/mol. The molecule has 0 radical (unpaired) electrons. The summed E-state index contributed by atoms with van der Waals surface area (Å²) in [4.78, 5) is 39.7. The first-order chi connectivity index (χ1) is 17.7. The molecule has 1 fully saturated rings. The predicted octanol–water partition coefficient (Wildman–Crippen LogP) is 5.62. The van der Waals surface area contributed by atoms with Gasteiger partial charge in [0.1, 0.15) is 11.5 Å². The third-order valence-electron chi connectivity index (χ3n) is 6.09. The van der Waals surface area contributed by atoms with Gasteiger partial charge in [0.15, 0.2) is 0 Å². The minimum atomic E-state index is -0.856. The molecule has 3 aromatic carbocycles. The van der Waals surface area contributed by atoms with E-state index in [-0.39, 0.29) is 23.3 Å². The highest BCUT2D eigenvalue weighted by molar-refractivity contribution is 6.51. The van der Waals surface area contributed by atoms with Gasteiger partial charge in [-0.15, -0.1) is 0 Å². The van der Waals surface area contributed by atoms with E-state index in [9.17, 15) is 19.5 Å². The number of hydrogen-bond donors (Lipinski definition) is 2. The van der Waals surface area contributed by atoms with Crippen LogP contribution in [0, 0.1) is 0 Å². The maximum Gasteiger partial charge on any atom is 0.300 e. The number of aliphatic hydroxyl groups excluding tert-OH is 1. The zero-order chi connectivity index (χ0) is 26.7. The van der Waals surface area contributed by atoms with Crippen LogP contribution in [0.25, 0.3) is 5.76 Å². The molecule has 190 valence electrons. The first-order valence-electron chi connectivity index (χ1n) is 12.2. The lowest BCUT2D eigenvalue weighted by Gasteiger charge is -2.26. The second kappa shape index (κ2) is 10.7. The molecule has 1 aliphatic heterocycles. The number of carbonyl (C=O) groups is 3. The molecule has 2 N–H and O–H groups in total. The Bertz CT molecular complexity index is 1360. The summed E-state index contributed by atoms with van der Waals surface area (Å²) < 4.78 is 5.68. The standard InChI is InChI=1S/C30H30N2O5/c1-5-20-9-11-21(12-10-20)27-26(28(34)22-13-15-25(16-14-22)37-18(2)3)29(35)30(36)32(27)24-8-6-7-23(17-24)31-19(4)33/h6-18,27,34H,5H2,1-4H3,(H,31,33)/b28-26+. The molecule has 1 aliphatic rings. The molecule has 1 unspecified atom stereocenters. The van der Waals surface area contributed by atoms with E-state index in [0.717, 1.165) is 12.0 Å². The van der Waals surface area contributed by atoms with Gasteiger partial charge < -0.3 is 15.2 Å². The number of amides is 2. The SMILES string of the molecule is CCc1ccc(C2/C(=C(\O)c3ccc(OC(C)C)cc3)C(=O)C(=O)N2c2cccc(NC(C)=O)c2)cc1. The number of nitrogens with one attached hydrogen (secondary N) is 1. The van der Waals surface area contributed by atoms with Gasteiger partial charge in [-0.1, -0.05) is 37.3 Å². The van der Waals surface area contributed by atoms with Crippen molar-refractivity contribution in [2.45, 2.75) is 46.3 Å². The molecule has 0 bridgehead atoms. The average Bonchev–Trinajstić information content (AvgIpc) is 3.14. The lowest BCUT2D eigenvalue weighted by atomic mass is 9.94. The van der Waals surface area contributed by atoms with Crippen LogP contribution in [0.3, 0.4) is 0 Å². The van der Waals surface area contributed by atoms with Crippen LogP contribution in [0.15, 0.2) is 78.4 Å². The zero-order valence-corrected chi connectivity index (χ0v) is 21.3. The van der Waals surface area contributed by atoms with Gasteiger partial charge in [0.2, 0.25) is 5.91 Å². The van der Waals surface area contributed by atoms with Gasteiger partial charge in [-0.3, -0.25) is 19.3 Å². The number of aliphatic hydroxyl groups is 1. The molecule has 1 saturated heterocycles. The quantitative estimate of drug-likeness (QED) is 0.250. The summed E-state index contributed by atoms with van der Waals surface area (Å²) in [6, 6.07) is 20.3. The number of hydrogen-bond acceptors (Lipinski definition) is 5. The van der Waals surface area contributed by atoms with Crippen molar-refractivity contribution >= 4 is 34.7 Å². The van der Waals surface area contributed by atoms with Gasteiger partial charge in [-0.05, 0) is 73.9 Å². The van der Waals surface area contributed by atoms with Crippen LogP contribution in [0.4, 0.5) is 11.4 Å². The second-order valence-electron chi connectivity index (χ2n) is 9.19. The Kier molecular flexibility index (Phi) is 7.43. The van der Waals surface area contributed by atoms with Crippen molar-refractivity contribution in [2.24, 2.45) is 0 Å². The van der Waals surface area contributed by atoms with Crippen LogP contribution in [0.2, 0.25) is 0 Å². The number of Topliss-reactive ketones (excluding diaryl/α,β-unsaturated/α-hetero) is 1. The third kappa shape index (κ3) is 5.40. The highest BCUT2D eigenvalue weighted by atomic mass is 16.5. The normalized spacial score (nSPS) is 16.8. The monoisotopic (exact) mass is 498 g/mol. The average molecular weight is 499 g/mol. The van der Waals surface area contributed by atoms with Crippen molar-refractivity contribution < 1.29 is 24.2 Å².